The maximum atomic E-state index is 6.53. The van der Waals surface area contributed by atoms with Crippen molar-refractivity contribution in [1.29, 1.82) is 0 Å². The third-order valence-electron chi connectivity index (χ3n) is 4.84. The van der Waals surface area contributed by atoms with Gasteiger partial charge in [-0.2, -0.15) is 0 Å². The molecule has 0 aliphatic rings. The monoisotopic (exact) mass is 382 g/mol. The summed E-state index contributed by atoms with van der Waals surface area (Å²) in [5.74, 6) is 0. The molecular formula is C25H22N2S. The summed E-state index contributed by atoms with van der Waals surface area (Å²) < 4.78 is 1.16. The van der Waals surface area contributed by atoms with E-state index in [0.717, 1.165) is 49.6 Å². The first kappa shape index (κ1) is 18.2. The minimum atomic E-state index is 0.735. The quantitative estimate of drug-likeness (QED) is 0.390. The summed E-state index contributed by atoms with van der Waals surface area (Å²) in [6, 6.07) is 26.8. The molecule has 0 saturated carbocycles. The van der Waals surface area contributed by atoms with E-state index in [-0.39, 0.29) is 0 Å². The molecule has 0 aliphatic heterocycles. The lowest BCUT2D eigenvalue weighted by Crippen LogP contribution is -2.04. The fourth-order valence-corrected chi connectivity index (χ4v) is 4.35. The number of nitrogens with zero attached hydrogens (tertiary/aromatic N) is 1. The molecule has 0 atom stereocenters. The molecule has 2 N–H and O–H groups in total. The summed E-state index contributed by atoms with van der Waals surface area (Å²) in [7, 11) is 0. The van der Waals surface area contributed by atoms with Crippen LogP contribution in [0.1, 0.15) is 28.5 Å². The molecule has 0 unspecified atom stereocenters. The van der Waals surface area contributed by atoms with Gasteiger partial charge in [-0.15, -0.1) is 11.3 Å². The Morgan fingerprint density at radius 2 is 1.57 bits per heavy atom. The van der Waals surface area contributed by atoms with Gasteiger partial charge in [-0.1, -0.05) is 86.3 Å². The highest BCUT2D eigenvalue weighted by atomic mass is 32.1. The van der Waals surface area contributed by atoms with Gasteiger partial charge < -0.3 is 5.73 Å². The normalized spacial score (nSPS) is 11.7. The third-order valence-corrected chi connectivity index (χ3v) is 6.03. The summed E-state index contributed by atoms with van der Waals surface area (Å²) in [5, 5.41) is 1.07. The fourth-order valence-electron chi connectivity index (χ4n) is 3.22. The summed E-state index contributed by atoms with van der Waals surface area (Å²) in [4.78, 5) is 5.94. The molecule has 3 heteroatoms. The molecule has 4 aromatic rings. The van der Waals surface area contributed by atoms with Crippen molar-refractivity contribution < 1.29 is 0 Å². The lowest BCUT2D eigenvalue weighted by atomic mass is 10.1. The second-order valence-electron chi connectivity index (χ2n) is 6.66. The first-order valence-electron chi connectivity index (χ1n) is 9.37. The molecule has 0 bridgehead atoms. The molecule has 0 spiro atoms. The SMILES string of the molecule is C=C(N=C(c1ccccc1)c1sc2ccccc2c1N)c1ccc(CC)cc1. The molecule has 2 nitrogen and oxygen atoms in total. The number of thiophene rings is 1. The number of aliphatic imine (C=N–C) groups is 1. The molecule has 0 amide bonds. The van der Waals surface area contributed by atoms with E-state index in [1.54, 1.807) is 11.3 Å². The van der Waals surface area contributed by atoms with Crippen LogP contribution in [0, 0.1) is 0 Å². The predicted molar refractivity (Wildman–Crippen MR) is 123 cm³/mol. The number of anilines is 1. The molecule has 0 saturated heterocycles. The van der Waals surface area contributed by atoms with Crippen molar-refractivity contribution in [2.24, 2.45) is 4.99 Å². The summed E-state index contributed by atoms with van der Waals surface area (Å²) in [6.45, 7) is 6.38. The molecule has 1 heterocycles. The van der Waals surface area contributed by atoms with E-state index in [4.69, 9.17) is 10.7 Å². The van der Waals surface area contributed by atoms with Crippen molar-refractivity contribution in [1.82, 2.24) is 0 Å². The van der Waals surface area contributed by atoms with Gasteiger partial charge in [0.1, 0.15) is 0 Å². The van der Waals surface area contributed by atoms with Gasteiger partial charge in [0.05, 0.1) is 22.0 Å². The van der Waals surface area contributed by atoms with E-state index in [1.165, 1.54) is 5.56 Å². The largest absolute Gasteiger partial charge is 0.397 e. The van der Waals surface area contributed by atoms with Crippen LogP contribution < -0.4 is 5.73 Å². The van der Waals surface area contributed by atoms with Gasteiger partial charge in [0.25, 0.3) is 0 Å². The smallest absolute Gasteiger partial charge is 0.0902 e. The van der Waals surface area contributed by atoms with E-state index < -0.39 is 0 Å². The van der Waals surface area contributed by atoms with Crippen LogP contribution in [0.2, 0.25) is 0 Å². The number of aryl methyl sites for hydroxylation is 1. The molecule has 0 aliphatic carbocycles. The molecule has 28 heavy (non-hydrogen) atoms. The Morgan fingerprint density at radius 3 is 2.25 bits per heavy atom. The number of benzene rings is 3. The molecule has 3 aromatic carbocycles. The number of nitrogens with two attached hydrogens (primary N) is 1. The second-order valence-corrected chi connectivity index (χ2v) is 7.72. The molecule has 0 fully saturated rings. The molecule has 0 radical (unpaired) electrons. The lowest BCUT2D eigenvalue weighted by Gasteiger charge is -2.09. The molecule has 4 rings (SSSR count). The topological polar surface area (TPSA) is 38.4 Å². The Bertz CT molecular complexity index is 1150. The van der Waals surface area contributed by atoms with Crippen molar-refractivity contribution in [2.45, 2.75) is 13.3 Å². The van der Waals surface area contributed by atoms with Crippen LogP contribution in [0.25, 0.3) is 15.8 Å². The number of rotatable bonds is 5. The zero-order valence-corrected chi connectivity index (χ0v) is 16.7. The van der Waals surface area contributed by atoms with Gasteiger partial charge in [-0.25, -0.2) is 4.99 Å². The van der Waals surface area contributed by atoms with Gasteiger partial charge >= 0.3 is 0 Å². The minimum absolute atomic E-state index is 0.735. The number of hydrogen-bond acceptors (Lipinski definition) is 3. The Balaban J connectivity index is 1.84. The number of hydrogen-bond donors (Lipinski definition) is 1. The van der Waals surface area contributed by atoms with Crippen LogP contribution >= 0.6 is 11.3 Å². The highest BCUT2D eigenvalue weighted by molar-refractivity contribution is 7.21. The number of nitrogen functional groups attached to an aromatic ring is 1. The minimum Gasteiger partial charge on any atom is -0.397 e. The van der Waals surface area contributed by atoms with Crippen molar-refractivity contribution in [2.75, 3.05) is 5.73 Å². The second kappa shape index (κ2) is 7.83. The summed E-state index contributed by atoms with van der Waals surface area (Å²) >= 11 is 1.67. The van der Waals surface area contributed by atoms with Gasteiger partial charge in [0, 0.05) is 15.6 Å². The first-order valence-corrected chi connectivity index (χ1v) is 10.2. The number of fused-ring (bicyclic) bond motifs is 1. The van der Waals surface area contributed by atoms with Gasteiger partial charge in [0.2, 0.25) is 0 Å². The average molecular weight is 383 g/mol. The highest BCUT2D eigenvalue weighted by Gasteiger charge is 2.17. The maximum Gasteiger partial charge on any atom is 0.0902 e. The van der Waals surface area contributed by atoms with Crippen LogP contribution in [0.15, 0.2) is 90.4 Å². The Hall–Kier alpha value is -3.17. The van der Waals surface area contributed by atoms with E-state index in [1.807, 2.05) is 30.3 Å². The van der Waals surface area contributed by atoms with Crippen molar-refractivity contribution in [3.05, 3.63) is 107 Å². The summed E-state index contributed by atoms with van der Waals surface area (Å²) in [5.41, 5.74) is 12.3. The van der Waals surface area contributed by atoms with Gasteiger partial charge in [-0.05, 0) is 23.6 Å². The van der Waals surface area contributed by atoms with Gasteiger partial charge in [-0.3, -0.25) is 0 Å². The molecular weight excluding hydrogens is 360 g/mol. The van der Waals surface area contributed by atoms with E-state index in [9.17, 15) is 0 Å². The van der Waals surface area contributed by atoms with E-state index >= 15 is 0 Å². The highest BCUT2D eigenvalue weighted by Crippen LogP contribution is 2.36. The van der Waals surface area contributed by atoms with Gasteiger partial charge in [0.15, 0.2) is 0 Å². The van der Waals surface area contributed by atoms with E-state index in [0.29, 0.717) is 0 Å². The van der Waals surface area contributed by atoms with Crippen LogP contribution in [0.5, 0.6) is 0 Å². The predicted octanol–water partition coefficient (Wildman–Crippen LogP) is 6.55. The third kappa shape index (κ3) is 3.49. The van der Waals surface area contributed by atoms with Crippen LogP contribution in [0.4, 0.5) is 5.69 Å². The van der Waals surface area contributed by atoms with E-state index in [2.05, 4.69) is 62.0 Å². The van der Waals surface area contributed by atoms with Crippen LogP contribution in [-0.4, -0.2) is 5.71 Å². The van der Waals surface area contributed by atoms with Crippen molar-refractivity contribution in [3.63, 3.8) is 0 Å². The maximum absolute atomic E-state index is 6.53. The zero-order valence-electron chi connectivity index (χ0n) is 15.9. The molecule has 1 aromatic heterocycles. The first-order chi connectivity index (χ1) is 13.7. The lowest BCUT2D eigenvalue weighted by molar-refractivity contribution is 1.14. The Kier molecular flexibility index (Phi) is 5.09. The Morgan fingerprint density at radius 1 is 0.893 bits per heavy atom. The summed E-state index contributed by atoms with van der Waals surface area (Å²) in [6.07, 6.45) is 1.02. The van der Waals surface area contributed by atoms with Crippen molar-refractivity contribution >= 4 is 38.5 Å². The average Bonchev–Trinajstić information content (AvgIpc) is 3.09. The van der Waals surface area contributed by atoms with Crippen LogP contribution in [-0.2, 0) is 6.42 Å². The zero-order chi connectivity index (χ0) is 19.5. The standard InChI is InChI=1S/C25H22N2S/c1-3-18-13-15-19(16-14-18)17(2)27-24(20-9-5-4-6-10-20)25-23(26)21-11-7-8-12-22(21)28-25/h4-16H,2-3,26H2,1H3. The molecule has 138 valence electrons. The fraction of sp³-hybridized carbons (Fsp3) is 0.0800. The van der Waals surface area contributed by atoms with Crippen molar-refractivity contribution in [3.8, 4) is 0 Å². The Labute approximate surface area is 169 Å². The van der Waals surface area contributed by atoms with Crippen LogP contribution in [0.3, 0.4) is 0 Å².